The van der Waals surface area contributed by atoms with Gasteiger partial charge in [-0.3, -0.25) is 4.40 Å². The van der Waals surface area contributed by atoms with Crippen LogP contribution in [0.5, 0.6) is 0 Å². The molecule has 2 atom stereocenters. The Bertz CT molecular complexity index is 535. The first-order chi connectivity index (χ1) is 8.42. The maximum Gasteiger partial charge on any atom is 0.138 e. The van der Waals surface area contributed by atoms with Crippen molar-refractivity contribution < 1.29 is 0 Å². The van der Waals surface area contributed by atoms with E-state index in [9.17, 15) is 0 Å². The molecule has 2 saturated heterocycles. The second kappa shape index (κ2) is 3.47. The van der Waals surface area contributed by atoms with Gasteiger partial charge in [-0.25, -0.2) is 4.98 Å². The van der Waals surface area contributed by atoms with E-state index in [4.69, 9.17) is 0 Å². The van der Waals surface area contributed by atoms with Crippen molar-refractivity contribution in [3.63, 3.8) is 0 Å². The minimum atomic E-state index is 0.828. The maximum atomic E-state index is 4.35. The molecule has 2 fully saturated rings. The lowest BCUT2D eigenvalue weighted by molar-refractivity contribution is 0.533. The summed E-state index contributed by atoms with van der Waals surface area (Å²) in [5.41, 5.74) is 1.04. The van der Waals surface area contributed by atoms with Gasteiger partial charge in [-0.15, -0.1) is 0 Å². The third-order valence-corrected chi connectivity index (χ3v) is 4.12. The smallest absolute Gasteiger partial charge is 0.138 e. The number of aromatic nitrogens is 2. The molecule has 88 valence electrons. The molecule has 0 bridgehead atoms. The van der Waals surface area contributed by atoms with Gasteiger partial charge in [0, 0.05) is 38.6 Å². The molecule has 0 radical (unpaired) electrons. The molecule has 0 aromatic carbocycles. The second-order valence-electron chi connectivity index (χ2n) is 5.12. The molecular weight excluding hydrogens is 212 g/mol. The number of hydrogen-bond acceptors (Lipinski definition) is 3. The summed E-state index contributed by atoms with van der Waals surface area (Å²) in [5.74, 6) is 2.94. The summed E-state index contributed by atoms with van der Waals surface area (Å²) in [4.78, 5) is 6.85. The van der Waals surface area contributed by atoms with Gasteiger partial charge >= 0.3 is 0 Å². The van der Waals surface area contributed by atoms with Crippen LogP contribution in [0.25, 0.3) is 5.65 Å². The summed E-state index contributed by atoms with van der Waals surface area (Å²) in [6, 6.07) is 6.36. The standard InChI is InChI=1S/C13H16N4/c1-2-12-15-4-5-17(12)13(3-1)16-8-10-6-14-7-11(10)9-16/h1-5,10-11,14H,6-9H2/t10-,11+. The molecule has 0 unspecified atom stereocenters. The molecule has 0 amide bonds. The summed E-state index contributed by atoms with van der Waals surface area (Å²) in [6.45, 7) is 4.71. The van der Waals surface area contributed by atoms with Crippen LogP contribution in [0.3, 0.4) is 0 Å². The third-order valence-electron chi connectivity index (χ3n) is 4.12. The molecule has 2 aromatic rings. The molecule has 4 heterocycles. The van der Waals surface area contributed by atoms with Crippen molar-refractivity contribution >= 4 is 11.5 Å². The van der Waals surface area contributed by atoms with Crippen LogP contribution >= 0.6 is 0 Å². The zero-order chi connectivity index (χ0) is 11.2. The number of nitrogens with one attached hydrogen (secondary N) is 1. The molecule has 4 nitrogen and oxygen atoms in total. The van der Waals surface area contributed by atoms with Crippen LogP contribution in [0.1, 0.15) is 0 Å². The lowest BCUT2D eigenvalue weighted by atomic mass is 10.0. The highest BCUT2D eigenvalue weighted by molar-refractivity contribution is 5.52. The van der Waals surface area contributed by atoms with Crippen molar-refractivity contribution in [3.8, 4) is 0 Å². The predicted molar refractivity (Wildman–Crippen MR) is 67.3 cm³/mol. The van der Waals surface area contributed by atoms with Crippen LogP contribution in [-0.4, -0.2) is 35.6 Å². The van der Waals surface area contributed by atoms with Gasteiger partial charge in [-0.1, -0.05) is 6.07 Å². The van der Waals surface area contributed by atoms with Crippen LogP contribution in [-0.2, 0) is 0 Å². The van der Waals surface area contributed by atoms with Gasteiger partial charge in [0.15, 0.2) is 0 Å². The van der Waals surface area contributed by atoms with E-state index in [1.807, 2.05) is 6.20 Å². The summed E-state index contributed by atoms with van der Waals surface area (Å²) in [7, 11) is 0. The number of hydrogen-bond donors (Lipinski definition) is 1. The third kappa shape index (κ3) is 1.37. The number of nitrogens with zero attached hydrogens (tertiary/aromatic N) is 3. The summed E-state index contributed by atoms with van der Waals surface area (Å²) < 4.78 is 2.19. The Labute approximate surface area is 100 Å². The van der Waals surface area contributed by atoms with Gasteiger partial charge < -0.3 is 10.2 Å². The Morgan fingerprint density at radius 3 is 2.82 bits per heavy atom. The van der Waals surface area contributed by atoms with Crippen LogP contribution in [0.2, 0.25) is 0 Å². The van der Waals surface area contributed by atoms with Gasteiger partial charge in [0.25, 0.3) is 0 Å². The van der Waals surface area contributed by atoms with Crippen molar-refractivity contribution in [2.45, 2.75) is 0 Å². The molecular formula is C13H16N4. The Morgan fingerprint density at radius 1 is 1.18 bits per heavy atom. The summed E-state index contributed by atoms with van der Waals surface area (Å²) in [6.07, 6.45) is 3.92. The Hall–Kier alpha value is -1.55. The lowest BCUT2D eigenvalue weighted by Gasteiger charge is -2.20. The van der Waals surface area contributed by atoms with Crippen molar-refractivity contribution in [2.24, 2.45) is 11.8 Å². The van der Waals surface area contributed by atoms with E-state index in [0.717, 1.165) is 17.5 Å². The number of pyridine rings is 1. The van der Waals surface area contributed by atoms with Crippen molar-refractivity contribution in [1.82, 2.24) is 14.7 Å². The van der Waals surface area contributed by atoms with Crippen LogP contribution < -0.4 is 10.2 Å². The fourth-order valence-corrected chi connectivity index (χ4v) is 3.23. The molecule has 0 aliphatic carbocycles. The summed E-state index contributed by atoms with van der Waals surface area (Å²) in [5, 5.41) is 3.48. The van der Waals surface area contributed by atoms with Gasteiger partial charge in [0.2, 0.25) is 0 Å². The summed E-state index contributed by atoms with van der Waals surface area (Å²) >= 11 is 0. The molecule has 2 aromatic heterocycles. The molecule has 4 heteroatoms. The molecule has 17 heavy (non-hydrogen) atoms. The van der Waals surface area contributed by atoms with E-state index in [1.165, 1.54) is 32.0 Å². The second-order valence-corrected chi connectivity index (χ2v) is 5.12. The fourth-order valence-electron chi connectivity index (χ4n) is 3.23. The van der Waals surface area contributed by atoms with Crippen molar-refractivity contribution in [3.05, 3.63) is 30.6 Å². The molecule has 4 rings (SSSR count). The van der Waals surface area contributed by atoms with E-state index in [0.29, 0.717) is 0 Å². The Morgan fingerprint density at radius 2 is 2.00 bits per heavy atom. The zero-order valence-corrected chi connectivity index (χ0v) is 9.71. The van der Waals surface area contributed by atoms with E-state index in [1.54, 1.807) is 0 Å². The van der Waals surface area contributed by atoms with E-state index >= 15 is 0 Å². The minimum absolute atomic E-state index is 0.828. The van der Waals surface area contributed by atoms with E-state index in [2.05, 4.69) is 44.0 Å². The first-order valence-corrected chi connectivity index (χ1v) is 6.29. The van der Waals surface area contributed by atoms with E-state index < -0.39 is 0 Å². The first kappa shape index (κ1) is 9.48. The first-order valence-electron chi connectivity index (χ1n) is 6.29. The highest BCUT2D eigenvalue weighted by Crippen LogP contribution is 2.30. The maximum absolute atomic E-state index is 4.35. The Kier molecular flexibility index (Phi) is 1.93. The monoisotopic (exact) mass is 228 g/mol. The highest BCUT2D eigenvalue weighted by atomic mass is 15.3. The van der Waals surface area contributed by atoms with Gasteiger partial charge in [0.05, 0.1) is 0 Å². The fraction of sp³-hybridized carbons (Fsp3) is 0.462. The topological polar surface area (TPSA) is 32.6 Å². The predicted octanol–water partition coefficient (Wildman–Crippen LogP) is 0.990. The molecule has 0 saturated carbocycles. The lowest BCUT2D eigenvalue weighted by Crippen LogP contribution is -2.26. The zero-order valence-electron chi connectivity index (χ0n) is 9.71. The molecule has 0 spiro atoms. The average Bonchev–Trinajstić information content (AvgIpc) is 3.02. The van der Waals surface area contributed by atoms with Crippen LogP contribution in [0, 0.1) is 11.8 Å². The molecule has 2 aliphatic heterocycles. The quantitative estimate of drug-likeness (QED) is 0.790. The minimum Gasteiger partial charge on any atom is -0.357 e. The SMILES string of the molecule is c1cc(N2C[C@H]3CNC[C@H]3C2)n2ccnc2c1. The van der Waals surface area contributed by atoms with Gasteiger partial charge in [0.1, 0.15) is 11.5 Å². The van der Waals surface area contributed by atoms with Gasteiger partial charge in [-0.2, -0.15) is 0 Å². The molecule has 1 N–H and O–H groups in total. The van der Waals surface area contributed by atoms with Crippen LogP contribution in [0.4, 0.5) is 5.82 Å². The van der Waals surface area contributed by atoms with E-state index in [-0.39, 0.29) is 0 Å². The number of fused-ring (bicyclic) bond motifs is 2. The Balaban J connectivity index is 1.73. The highest BCUT2D eigenvalue weighted by Gasteiger charge is 2.36. The average molecular weight is 228 g/mol. The number of rotatable bonds is 1. The van der Waals surface area contributed by atoms with Gasteiger partial charge in [-0.05, 0) is 24.0 Å². The number of anilines is 1. The normalized spacial score (nSPS) is 27.9. The van der Waals surface area contributed by atoms with Crippen molar-refractivity contribution in [2.75, 3.05) is 31.1 Å². The molecule has 2 aliphatic rings. The largest absolute Gasteiger partial charge is 0.357 e. The van der Waals surface area contributed by atoms with Crippen molar-refractivity contribution in [1.29, 1.82) is 0 Å². The van der Waals surface area contributed by atoms with Crippen LogP contribution in [0.15, 0.2) is 30.6 Å². The number of imidazole rings is 1.